The summed E-state index contributed by atoms with van der Waals surface area (Å²) in [6.07, 6.45) is 1.60. The number of primary amides is 1. The molecule has 0 radical (unpaired) electrons. The lowest BCUT2D eigenvalue weighted by Gasteiger charge is -2.12. The molecule has 0 spiro atoms. The fourth-order valence-corrected chi connectivity index (χ4v) is 4.37. The van der Waals surface area contributed by atoms with Crippen molar-refractivity contribution in [3.8, 4) is 34.0 Å². The maximum Gasteiger partial charge on any atom is 0.269 e. The molecule has 8 nitrogen and oxygen atoms in total. The van der Waals surface area contributed by atoms with Crippen LogP contribution >= 0.6 is 0 Å². The number of aromatic nitrogens is 4. The molecule has 0 saturated heterocycles. The highest BCUT2D eigenvalue weighted by atomic mass is 19.1. The molecule has 3 aromatic carbocycles. The van der Waals surface area contributed by atoms with Crippen LogP contribution in [0.1, 0.15) is 21.7 Å². The molecule has 38 heavy (non-hydrogen) atoms. The van der Waals surface area contributed by atoms with Crippen LogP contribution in [0.3, 0.4) is 0 Å². The van der Waals surface area contributed by atoms with Crippen LogP contribution in [0.15, 0.2) is 54.7 Å². The molecular weight excluding hydrogens is 495 g/mol. The van der Waals surface area contributed by atoms with Crippen LogP contribution in [0, 0.1) is 28.8 Å². The fraction of sp³-hybridized carbons (Fsp3) is 0.111. The molecule has 11 heteroatoms. The van der Waals surface area contributed by atoms with Crippen LogP contribution in [0.5, 0.6) is 0 Å². The second kappa shape index (κ2) is 9.49. The van der Waals surface area contributed by atoms with Gasteiger partial charge in [-0.1, -0.05) is 18.2 Å². The lowest BCUT2D eigenvalue weighted by atomic mass is 9.98. The number of hydrogen-bond acceptors (Lipinski definition) is 5. The zero-order valence-electron chi connectivity index (χ0n) is 20.3. The number of benzene rings is 3. The van der Waals surface area contributed by atoms with Gasteiger partial charge in [-0.3, -0.25) is 9.89 Å². The van der Waals surface area contributed by atoms with Gasteiger partial charge in [0.05, 0.1) is 23.1 Å². The van der Waals surface area contributed by atoms with Crippen LogP contribution in [0.25, 0.3) is 38.8 Å². The second-order valence-electron chi connectivity index (χ2n) is 8.92. The van der Waals surface area contributed by atoms with E-state index in [1.165, 1.54) is 36.4 Å². The van der Waals surface area contributed by atoms with Crippen molar-refractivity contribution in [1.82, 2.24) is 24.9 Å². The van der Waals surface area contributed by atoms with Crippen molar-refractivity contribution >= 4 is 16.8 Å². The van der Waals surface area contributed by atoms with Crippen LogP contribution < -0.4 is 5.73 Å². The number of carbonyl (C=O) groups excluding carboxylic acids is 1. The Kier molecular flexibility index (Phi) is 6.18. The number of nitriles is 1. The number of halogens is 3. The van der Waals surface area contributed by atoms with Crippen molar-refractivity contribution in [2.24, 2.45) is 5.73 Å². The lowest BCUT2D eigenvalue weighted by molar-refractivity contribution is 0.0996. The summed E-state index contributed by atoms with van der Waals surface area (Å²) >= 11 is 0. The van der Waals surface area contributed by atoms with E-state index in [0.29, 0.717) is 17.7 Å². The highest BCUT2D eigenvalue weighted by Gasteiger charge is 2.23. The predicted octanol–water partition coefficient (Wildman–Crippen LogP) is 4.53. The molecule has 0 atom stereocenters. The summed E-state index contributed by atoms with van der Waals surface area (Å²) in [6, 6.07) is 12.4. The molecule has 2 heterocycles. The molecule has 2 aromatic heterocycles. The molecular formula is C27H20F3N7O. The first-order chi connectivity index (χ1) is 18.2. The Bertz CT molecular complexity index is 1760. The first kappa shape index (κ1) is 24.7. The van der Waals surface area contributed by atoms with E-state index in [0.717, 1.165) is 16.4 Å². The normalized spacial score (nSPS) is 11.3. The van der Waals surface area contributed by atoms with Crippen LogP contribution in [0.4, 0.5) is 13.2 Å². The average Bonchev–Trinajstić information content (AvgIpc) is 3.50. The van der Waals surface area contributed by atoms with E-state index in [4.69, 9.17) is 5.73 Å². The molecule has 0 saturated carbocycles. The molecule has 190 valence electrons. The van der Waals surface area contributed by atoms with Crippen molar-refractivity contribution in [3.05, 3.63) is 89.1 Å². The quantitative estimate of drug-likeness (QED) is 0.345. The Morgan fingerprint density at radius 2 is 1.82 bits per heavy atom. The van der Waals surface area contributed by atoms with E-state index in [-0.39, 0.29) is 39.0 Å². The van der Waals surface area contributed by atoms with Gasteiger partial charge in [0, 0.05) is 28.6 Å². The molecule has 1 amide bonds. The number of aromatic amines is 1. The van der Waals surface area contributed by atoms with Gasteiger partial charge >= 0.3 is 0 Å². The van der Waals surface area contributed by atoms with Crippen LogP contribution in [-0.2, 0) is 6.54 Å². The van der Waals surface area contributed by atoms with Crippen molar-refractivity contribution < 1.29 is 18.0 Å². The summed E-state index contributed by atoms with van der Waals surface area (Å²) in [6.45, 7) is 0.563. The minimum Gasteiger partial charge on any atom is -0.364 e. The molecule has 0 aliphatic rings. The standard InChI is InChI=1S/C27H20F3N7O/c1-36(2)13-23-20(12-33-34-23)14-3-5-17(22(29)10-14)18-6-7-19-25(27(32)38)35-37(26(19)24(18)30)16-4-8-21(28)15(9-16)11-31/h3-10,12H,13H2,1-2H3,(H2,32,38)(H,33,34). The Morgan fingerprint density at radius 3 is 2.50 bits per heavy atom. The van der Waals surface area contributed by atoms with E-state index in [1.807, 2.05) is 19.0 Å². The first-order valence-electron chi connectivity index (χ1n) is 11.4. The third-order valence-electron chi connectivity index (χ3n) is 6.09. The smallest absolute Gasteiger partial charge is 0.269 e. The number of carbonyl (C=O) groups is 1. The highest BCUT2D eigenvalue weighted by molar-refractivity contribution is 6.05. The number of nitrogens with one attached hydrogen (secondary N) is 1. The maximum absolute atomic E-state index is 16.1. The van der Waals surface area contributed by atoms with Crippen molar-refractivity contribution in [3.63, 3.8) is 0 Å². The highest BCUT2D eigenvalue weighted by Crippen LogP contribution is 2.35. The molecule has 5 aromatic rings. The number of fused-ring (bicyclic) bond motifs is 1. The Morgan fingerprint density at radius 1 is 1.05 bits per heavy atom. The van der Waals surface area contributed by atoms with Gasteiger partial charge in [-0.25, -0.2) is 17.9 Å². The molecule has 0 aliphatic heterocycles. The summed E-state index contributed by atoms with van der Waals surface area (Å²) < 4.78 is 46.5. The van der Waals surface area contributed by atoms with Gasteiger partial charge in [0.15, 0.2) is 11.5 Å². The number of nitrogens with two attached hydrogens (primary N) is 1. The van der Waals surface area contributed by atoms with Gasteiger partial charge in [-0.15, -0.1) is 0 Å². The van der Waals surface area contributed by atoms with Gasteiger partial charge in [0.2, 0.25) is 0 Å². The zero-order chi connectivity index (χ0) is 27.1. The van der Waals surface area contributed by atoms with E-state index in [1.54, 1.807) is 18.3 Å². The van der Waals surface area contributed by atoms with E-state index >= 15 is 8.78 Å². The maximum atomic E-state index is 16.1. The minimum atomic E-state index is -0.910. The third kappa shape index (κ3) is 4.16. The molecule has 0 bridgehead atoms. The summed E-state index contributed by atoms with van der Waals surface area (Å²) in [5.74, 6) is -3.22. The minimum absolute atomic E-state index is 0.0176. The van der Waals surface area contributed by atoms with Crippen LogP contribution in [0.2, 0.25) is 0 Å². The third-order valence-corrected chi connectivity index (χ3v) is 6.09. The topological polar surface area (TPSA) is 117 Å². The molecule has 0 fully saturated rings. The van der Waals surface area contributed by atoms with Gasteiger partial charge in [-0.2, -0.15) is 15.5 Å². The van der Waals surface area contributed by atoms with Crippen molar-refractivity contribution in [2.75, 3.05) is 14.1 Å². The molecule has 0 aliphatic carbocycles. The number of H-pyrrole nitrogens is 1. The first-order valence-corrected chi connectivity index (χ1v) is 11.4. The van der Waals surface area contributed by atoms with Gasteiger partial charge < -0.3 is 10.6 Å². The second-order valence-corrected chi connectivity index (χ2v) is 8.92. The number of amides is 1. The summed E-state index contributed by atoms with van der Waals surface area (Å²) in [4.78, 5) is 14.0. The largest absolute Gasteiger partial charge is 0.364 e. The van der Waals surface area contributed by atoms with Gasteiger partial charge in [0.25, 0.3) is 5.91 Å². The van der Waals surface area contributed by atoms with Gasteiger partial charge in [0.1, 0.15) is 23.2 Å². The Balaban J connectivity index is 1.67. The Hall–Kier alpha value is -4.95. The van der Waals surface area contributed by atoms with E-state index in [2.05, 4.69) is 15.3 Å². The van der Waals surface area contributed by atoms with Gasteiger partial charge in [-0.05, 0) is 50.0 Å². The van der Waals surface area contributed by atoms with E-state index < -0.39 is 23.4 Å². The van der Waals surface area contributed by atoms with Crippen molar-refractivity contribution in [1.29, 1.82) is 5.26 Å². The number of rotatable bonds is 6. The molecule has 0 unspecified atom stereocenters. The Labute approximate surface area is 214 Å². The van der Waals surface area contributed by atoms with Crippen LogP contribution in [-0.4, -0.2) is 44.9 Å². The lowest BCUT2D eigenvalue weighted by Crippen LogP contribution is -2.12. The molecule has 5 rings (SSSR count). The monoisotopic (exact) mass is 515 g/mol. The fourth-order valence-electron chi connectivity index (χ4n) is 4.37. The zero-order valence-corrected chi connectivity index (χ0v) is 20.3. The summed E-state index contributed by atoms with van der Waals surface area (Å²) in [5.41, 5.74) is 6.88. The molecule has 3 N–H and O–H groups in total. The number of nitrogens with zero attached hydrogens (tertiary/aromatic N) is 5. The van der Waals surface area contributed by atoms with Crippen molar-refractivity contribution in [2.45, 2.75) is 6.54 Å². The SMILES string of the molecule is CN(C)Cc1[nH]ncc1-c1ccc(-c2ccc3c(C(N)=O)nn(-c4ccc(F)c(C#N)c4)c3c2F)c(F)c1. The number of hydrogen-bond donors (Lipinski definition) is 2. The summed E-state index contributed by atoms with van der Waals surface area (Å²) in [7, 11) is 3.79. The summed E-state index contributed by atoms with van der Waals surface area (Å²) in [5, 5.41) is 20.4. The predicted molar refractivity (Wildman–Crippen MR) is 135 cm³/mol. The van der Waals surface area contributed by atoms with E-state index in [9.17, 15) is 14.4 Å². The average molecular weight is 515 g/mol.